The van der Waals surface area contributed by atoms with Crippen LogP contribution in [-0.4, -0.2) is 23.4 Å². The van der Waals surface area contributed by atoms with E-state index in [4.69, 9.17) is 4.74 Å². The molecule has 0 fully saturated rings. The average Bonchev–Trinajstić information content (AvgIpc) is 2.98. The van der Waals surface area contributed by atoms with Gasteiger partial charge in [-0.05, 0) is 31.2 Å². The largest absolute Gasteiger partial charge is 0.504 e. The fourth-order valence-corrected chi connectivity index (χ4v) is 4.04. The smallest absolute Gasteiger partial charge is 0.274 e. The van der Waals surface area contributed by atoms with Crippen LogP contribution in [0.3, 0.4) is 0 Å². The summed E-state index contributed by atoms with van der Waals surface area (Å²) in [6, 6.07) is 4.58. The zero-order valence-corrected chi connectivity index (χ0v) is 14.3. The van der Waals surface area contributed by atoms with Crippen LogP contribution in [0.15, 0.2) is 17.1 Å². The molecular weight excluding hydrogens is 342 g/mol. The lowest BCUT2D eigenvalue weighted by Crippen LogP contribution is -1.99. The fourth-order valence-electron chi connectivity index (χ4n) is 2.86. The Morgan fingerprint density at radius 1 is 1.44 bits per heavy atom. The number of non-ortho nitro benzene ring substituents is 1. The number of fused-ring (bicyclic) bond motifs is 1. The van der Waals surface area contributed by atoms with Crippen molar-refractivity contribution >= 4 is 28.2 Å². The van der Waals surface area contributed by atoms with Crippen molar-refractivity contribution in [2.24, 2.45) is 4.99 Å². The van der Waals surface area contributed by atoms with Crippen LogP contribution in [0, 0.1) is 21.4 Å². The minimum Gasteiger partial charge on any atom is -0.504 e. The number of phenols is 1. The van der Waals surface area contributed by atoms with E-state index in [1.807, 2.05) is 0 Å². The number of nitro benzene ring substituents is 1. The molecule has 0 atom stereocenters. The molecule has 2 aromatic rings. The number of aliphatic imine (C=N–C) groups is 1. The van der Waals surface area contributed by atoms with Gasteiger partial charge in [-0.25, -0.2) is 4.99 Å². The molecule has 1 heterocycles. The highest BCUT2D eigenvalue weighted by molar-refractivity contribution is 7.16. The lowest BCUT2D eigenvalue weighted by Gasteiger charge is -2.09. The Kier molecular flexibility index (Phi) is 4.67. The Morgan fingerprint density at radius 2 is 2.20 bits per heavy atom. The molecule has 0 radical (unpaired) electrons. The molecule has 1 N–H and O–H groups in total. The highest BCUT2D eigenvalue weighted by atomic mass is 32.1. The van der Waals surface area contributed by atoms with E-state index >= 15 is 0 Å². The lowest BCUT2D eigenvalue weighted by atomic mass is 9.96. The summed E-state index contributed by atoms with van der Waals surface area (Å²) in [5, 5.41) is 31.2. The quantitative estimate of drug-likeness (QED) is 0.507. The van der Waals surface area contributed by atoms with Gasteiger partial charge in [-0.15, -0.1) is 11.3 Å². The molecule has 0 bridgehead atoms. The molecule has 25 heavy (non-hydrogen) atoms. The first-order valence-electron chi connectivity index (χ1n) is 7.69. The van der Waals surface area contributed by atoms with Gasteiger partial charge >= 0.3 is 0 Å². The predicted molar refractivity (Wildman–Crippen MR) is 94.2 cm³/mol. The topological polar surface area (TPSA) is 109 Å². The number of nitrogens with zero attached hydrogens (tertiary/aromatic N) is 3. The molecule has 0 spiro atoms. The van der Waals surface area contributed by atoms with Gasteiger partial charge in [0.1, 0.15) is 11.1 Å². The summed E-state index contributed by atoms with van der Waals surface area (Å²) < 4.78 is 4.97. The van der Waals surface area contributed by atoms with E-state index in [1.54, 1.807) is 0 Å². The monoisotopic (exact) mass is 357 g/mol. The number of phenolic OH excluding ortho intramolecular Hbond substituents is 1. The molecular formula is C17H15N3O4S. The van der Waals surface area contributed by atoms with Crippen molar-refractivity contribution in [1.82, 2.24) is 0 Å². The van der Waals surface area contributed by atoms with Gasteiger partial charge in [0, 0.05) is 22.7 Å². The van der Waals surface area contributed by atoms with Crippen molar-refractivity contribution in [2.45, 2.75) is 25.7 Å². The van der Waals surface area contributed by atoms with E-state index < -0.39 is 4.92 Å². The maximum Gasteiger partial charge on any atom is 0.274 e. The van der Waals surface area contributed by atoms with Crippen LogP contribution in [0.2, 0.25) is 0 Å². The van der Waals surface area contributed by atoms with E-state index in [9.17, 15) is 20.5 Å². The molecule has 0 aliphatic heterocycles. The highest BCUT2D eigenvalue weighted by Gasteiger charge is 2.21. The Morgan fingerprint density at radius 3 is 2.88 bits per heavy atom. The van der Waals surface area contributed by atoms with E-state index in [0.29, 0.717) is 10.6 Å². The number of hydrogen-bond donors (Lipinski definition) is 1. The van der Waals surface area contributed by atoms with Crippen molar-refractivity contribution in [3.63, 3.8) is 0 Å². The summed E-state index contributed by atoms with van der Waals surface area (Å²) in [5.74, 6) is -0.224. The molecule has 1 aromatic heterocycles. The van der Waals surface area contributed by atoms with E-state index in [1.165, 1.54) is 35.6 Å². The van der Waals surface area contributed by atoms with Crippen LogP contribution < -0.4 is 4.74 Å². The second-order valence-corrected chi connectivity index (χ2v) is 6.69. The van der Waals surface area contributed by atoms with Gasteiger partial charge in [-0.3, -0.25) is 10.1 Å². The van der Waals surface area contributed by atoms with E-state index in [2.05, 4.69) is 11.1 Å². The fraction of sp³-hybridized carbons (Fsp3) is 0.294. The van der Waals surface area contributed by atoms with Crippen molar-refractivity contribution < 1.29 is 14.8 Å². The summed E-state index contributed by atoms with van der Waals surface area (Å²) in [6.07, 6.45) is 5.32. The first-order valence-corrected chi connectivity index (χ1v) is 8.51. The molecule has 0 saturated carbocycles. The number of thiophene rings is 1. The minimum atomic E-state index is -0.566. The molecule has 0 amide bonds. The molecule has 7 nitrogen and oxygen atoms in total. The molecule has 128 valence electrons. The van der Waals surface area contributed by atoms with Gasteiger partial charge < -0.3 is 9.84 Å². The second kappa shape index (κ2) is 6.91. The molecule has 0 unspecified atom stereocenters. The number of methoxy groups -OCH3 is 1. The molecule has 8 heteroatoms. The van der Waals surface area contributed by atoms with Gasteiger partial charge in [-0.1, -0.05) is 0 Å². The van der Waals surface area contributed by atoms with Gasteiger partial charge in [-0.2, -0.15) is 5.26 Å². The molecule has 0 saturated heterocycles. The Bertz CT molecular complexity index is 912. The maximum atomic E-state index is 11.0. The standard InChI is InChI=1S/C17H15N3O4S/c1-24-14-7-11(20(22)23)6-10(16(14)21)9-19-17-13(8-18)12-4-2-3-5-15(12)25-17/h6-7,9,21H,2-5H2,1H3. The van der Waals surface area contributed by atoms with Crippen molar-refractivity contribution in [3.05, 3.63) is 43.8 Å². The van der Waals surface area contributed by atoms with Crippen molar-refractivity contribution in [3.8, 4) is 17.6 Å². The number of nitriles is 1. The normalized spacial score (nSPS) is 13.4. The Labute approximate surface area is 148 Å². The van der Waals surface area contributed by atoms with Crippen LogP contribution in [-0.2, 0) is 12.8 Å². The number of nitro groups is 1. The van der Waals surface area contributed by atoms with Crippen LogP contribution in [0.25, 0.3) is 0 Å². The number of rotatable bonds is 4. The molecule has 3 rings (SSSR count). The number of ether oxygens (including phenoxy) is 1. The zero-order valence-electron chi connectivity index (χ0n) is 13.5. The maximum absolute atomic E-state index is 11.0. The number of aryl methyl sites for hydroxylation is 1. The van der Waals surface area contributed by atoms with Crippen molar-refractivity contribution in [2.75, 3.05) is 7.11 Å². The Hall–Kier alpha value is -2.92. The Balaban J connectivity index is 2.03. The average molecular weight is 357 g/mol. The van der Waals surface area contributed by atoms with Gasteiger partial charge in [0.2, 0.25) is 0 Å². The lowest BCUT2D eigenvalue weighted by molar-refractivity contribution is -0.385. The first-order chi connectivity index (χ1) is 12.0. The third-order valence-corrected chi connectivity index (χ3v) is 5.31. The first kappa shape index (κ1) is 16.9. The highest BCUT2D eigenvalue weighted by Crippen LogP contribution is 2.40. The minimum absolute atomic E-state index is 0.00151. The molecule has 1 aliphatic carbocycles. The number of aromatic hydroxyl groups is 1. The van der Waals surface area contributed by atoms with Crippen LogP contribution >= 0.6 is 11.3 Å². The summed E-state index contributed by atoms with van der Waals surface area (Å²) in [7, 11) is 1.32. The molecule has 1 aromatic carbocycles. The molecule has 1 aliphatic rings. The van der Waals surface area contributed by atoms with E-state index in [0.717, 1.165) is 37.3 Å². The van der Waals surface area contributed by atoms with E-state index in [-0.39, 0.29) is 22.7 Å². The predicted octanol–water partition coefficient (Wildman–Crippen LogP) is 3.87. The van der Waals surface area contributed by atoms with Crippen LogP contribution in [0.5, 0.6) is 11.5 Å². The van der Waals surface area contributed by atoms with Crippen molar-refractivity contribution in [1.29, 1.82) is 5.26 Å². The number of benzene rings is 1. The van der Waals surface area contributed by atoms with Crippen LogP contribution in [0.4, 0.5) is 10.7 Å². The van der Waals surface area contributed by atoms with Gasteiger partial charge in [0.15, 0.2) is 11.5 Å². The number of hydrogen-bond acceptors (Lipinski definition) is 7. The van der Waals surface area contributed by atoms with Gasteiger partial charge in [0.25, 0.3) is 5.69 Å². The summed E-state index contributed by atoms with van der Waals surface area (Å²) in [6.45, 7) is 0. The third kappa shape index (κ3) is 3.19. The summed E-state index contributed by atoms with van der Waals surface area (Å²) in [5.41, 5.74) is 1.59. The SMILES string of the molecule is COc1cc([N+](=O)[O-])cc(C=Nc2sc3c(c2C#N)CCCC3)c1O. The zero-order chi connectivity index (χ0) is 18.0. The summed E-state index contributed by atoms with van der Waals surface area (Å²) in [4.78, 5) is 16.0. The summed E-state index contributed by atoms with van der Waals surface area (Å²) >= 11 is 1.46. The third-order valence-electron chi connectivity index (χ3n) is 4.11. The van der Waals surface area contributed by atoms with Gasteiger partial charge in [0.05, 0.1) is 23.7 Å². The second-order valence-electron chi connectivity index (χ2n) is 5.60. The van der Waals surface area contributed by atoms with Crippen LogP contribution in [0.1, 0.15) is 34.4 Å².